The van der Waals surface area contributed by atoms with Gasteiger partial charge < -0.3 is 10.1 Å². The van der Waals surface area contributed by atoms with E-state index in [9.17, 15) is 18.0 Å². The number of fused-ring (bicyclic) bond motifs is 3. The van der Waals surface area contributed by atoms with Crippen molar-refractivity contribution in [2.24, 2.45) is 7.05 Å². The highest BCUT2D eigenvalue weighted by Gasteiger charge is 2.32. The van der Waals surface area contributed by atoms with Gasteiger partial charge in [0.15, 0.2) is 0 Å². The predicted octanol–water partition coefficient (Wildman–Crippen LogP) is 3.79. The van der Waals surface area contributed by atoms with Crippen molar-refractivity contribution in [2.75, 3.05) is 0 Å². The second kappa shape index (κ2) is 8.88. The quantitative estimate of drug-likeness (QED) is 0.446. The van der Waals surface area contributed by atoms with E-state index in [4.69, 9.17) is 0 Å². The minimum atomic E-state index is -4.73. The summed E-state index contributed by atoms with van der Waals surface area (Å²) in [5.74, 6) is -0.195. The maximum Gasteiger partial charge on any atom is 0.573 e. The number of para-hydroxylation sites is 1. The number of benzene rings is 1. The fourth-order valence-corrected chi connectivity index (χ4v) is 5.62. The summed E-state index contributed by atoms with van der Waals surface area (Å²) in [5, 5.41) is 8.18. The Balaban J connectivity index is 1.32. The monoisotopic (exact) mass is 489 g/mol. The van der Waals surface area contributed by atoms with Gasteiger partial charge in [0, 0.05) is 41.8 Å². The molecule has 0 amide bonds. The van der Waals surface area contributed by atoms with Gasteiger partial charge in [0.25, 0.3) is 5.56 Å². The molecule has 0 unspecified atom stereocenters. The minimum Gasteiger partial charge on any atom is -0.405 e. The summed E-state index contributed by atoms with van der Waals surface area (Å²) in [6.07, 6.45) is 2.62. The van der Waals surface area contributed by atoms with Crippen molar-refractivity contribution < 1.29 is 17.9 Å². The molecule has 1 aliphatic rings. The zero-order chi connectivity index (χ0) is 23.9. The number of rotatable bonds is 6. The summed E-state index contributed by atoms with van der Waals surface area (Å²) in [4.78, 5) is 19.5. The standard InChI is InChI=1S/C23H22F3N5O2S/c1-30-11-14(9-29-30)12-31-13-28-21-20(22(31)32)17-7-6-16(8-19(17)34-21)27-10-15-4-2-3-5-18(15)33-23(24,25)26/h2-5,9,11,13,16,27H,6-8,10,12H2,1H3/t16-/m0/s1. The molecule has 1 aliphatic carbocycles. The fraction of sp³-hybridized carbons (Fsp3) is 0.348. The van der Waals surface area contributed by atoms with Gasteiger partial charge in [-0.1, -0.05) is 18.2 Å². The Morgan fingerprint density at radius 2 is 2.12 bits per heavy atom. The smallest absolute Gasteiger partial charge is 0.405 e. The van der Waals surface area contributed by atoms with Crippen LogP contribution in [0, 0.1) is 0 Å². The predicted molar refractivity (Wildman–Crippen MR) is 122 cm³/mol. The third-order valence-electron chi connectivity index (χ3n) is 5.93. The van der Waals surface area contributed by atoms with Crippen molar-refractivity contribution in [1.82, 2.24) is 24.6 Å². The topological polar surface area (TPSA) is 74.0 Å². The van der Waals surface area contributed by atoms with Crippen LogP contribution in [0.15, 0.2) is 47.8 Å². The van der Waals surface area contributed by atoms with E-state index < -0.39 is 6.36 Å². The van der Waals surface area contributed by atoms with Crippen LogP contribution in [0.25, 0.3) is 10.2 Å². The van der Waals surface area contributed by atoms with Gasteiger partial charge in [-0.3, -0.25) is 14.0 Å². The van der Waals surface area contributed by atoms with E-state index in [1.807, 2.05) is 13.2 Å². The lowest BCUT2D eigenvalue weighted by Gasteiger charge is -2.24. The summed E-state index contributed by atoms with van der Waals surface area (Å²) in [6.45, 7) is 0.664. The van der Waals surface area contributed by atoms with E-state index in [-0.39, 0.29) is 23.9 Å². The molecule has 5 rings (SSSR count). The molecule has 1 N–H and O–H groups in total. The van der Waals surface area contributed by atoms with Gasteiger partial charge in [0.1, 0.15) is 10.6 Å². The van der Waals surface area contributed by atoms with Crippen LogP contribution < -0.4 is 15.6 Å². The second-order valence-electron chi connectivity index (χ2n) is 8.36. The highest BCUT2D eigenvalue weighted by atomic mass is 32.1. The number of hydrogen-bond donors (Lipinski definition) is 1. The molecule has 0 radical (unpaired) electrons. The molecule has 3 heterocycles. The molecule has 0 bridgehead atoms. The van der Waals surface area contributed by atoms with E-state index >= 15 is 0 Å². The number of hydrogen-bond acceptors (Lipinski definition) is 6. The van der Waals surface area contributed by atoms with E-state index in [0.717, 1.165) is 27.3 Å². The van der Waals surface area contributed by atoms with Crippen molar-refractivity contribution in [3.05, 3.63) is 74.9 Å². The molecule has 1 aromatic carbocycles. The van der Waals surface area contributed by atoms with E-state index in [1.165, 1.54) is 23.5 Å². The number of aromatic nitrogens is 4. The first kappa shape index (κ1) is 22.6. The first-order valence-corrected chi connectivity index (χ1v) is 11.6. The van der Waals surface area contributed by atoms with Crippen molar-refractivity contribution in [1.29, 1.82) is 0 Å². The third kappa shape index (κ3) is 4.71. The number of nitrogens with one attached hydrogen (secondary N) is 1. The highest BCUT2D eigenvalue weighted by molar-refractivity contribution is 7.18. The molecule has 34 heavy (non-hydrogen) atoms. The molecular formula is C23H22F3N5O2S. The van der Waals surface area contributed by atoms with Crippen molar-refractivity contribution >= 4 is 21.6 Å². The largest absolute Gasteiger partial charge is 0.573 e. The van der Waals surface area contributed by atoms with Gasteiger partial charge >= 0.3 is 6.36 Å². The number of alkyl halides is 3. The number of halogens is 3. The normalized spacial score (nSPS) is 16.1. The van der Waals surface area contributed by atoms with Gasteiger partial charge in [0.2, 0.25) is 0 Å². The van der Waals surface area contributed by atoms with Crippen LogP contribution in [0.3, 0.4) is 0 Å². The first-order valence-electron chi connectivity index (χ1n) is 10.8. The Morgan fingerprint density at radius 1 is 1.29 bits per heavy atom. The van der Waals surface area contributed by atoms with Gasteiger partial charge in [-0.2, -0.15) is 5.10 Å². The summed E-state index contributed by atoms with van der Waals surface area (Å²) < 4.78 is 45.5. The minimum absolute atomic E-state index is 0.0593. The van der Waals surface area contributed by atoms with E-state index in [1.54, 1.807) is 33.9 Å². The van der Waals surface area contributed by atoms with Crippen molar-refractivity contribution in [2.45, 2.75) is 44.8 Å². The highest BCUT2D eigenvalue weighted by Crippen LogP contribution is 2.34. The molecule has 0 aliphatic heterocycles. The van der Waals surface area contributed by atoms with Crippen LogP contribution >= 0.6 is 11.3 Å². The second-order valence-corrected chi connectivity index (χ2v) is 9.44. The zero-order valence-electron chi connectivity index (χ0n) is 18.3. The van der Waals surface area contributed by atoms with E-state index in [0.29, 0.717) is 30.3 Å². The van der Waals surface area contributed by atoms with Crippen molar-refractivity contribution in [3.63, 3.8) is 0 Å². The van der Waals surface area contributed by atoms with Crippen molar-refractivity contribution in [3.8, 4) is 5.75 Å². The Hall–Kier alpha value is -3.18. The number of aryl methyl sites for hydroxylation is 2. The Bertz CT molecular complexity index is 1390. The molecule has 3 aromatic heterocycles. The Labute approximate surface area is 196 Å². The fourth-order valence-electron chi connectivity index (χ4n) is 4.37. The summed E-state index contributed by atoms with van der Waals surface area (Å²) >= 11 is 1.52. The summed E-state index contributed by atoms with van der Waals surface area (Å²) in [5.41, 5.74) is 2.35. The summed E-state index contributed by atoms with van der Waals surface area (Å²) in [7, 11) is 1.83. The van der Waals surface area contributed by atoms with Gasteiger partial charge in [-0.25, -0.2) is 4.98 Å². The number of thiophene rings is 1. The van der Waals surface area contributed by atoms with Gasteiger partial charge in [-0.15, -0.1) is 24.5 Å². The number of ether oxygens (including phenoxy) is 1. The molecule has 178 valence electrons. The molecular weight excluding hydrogens is 467 g/mol. The lowest BCUT2D eigenvalue weighted by atomic mass is 9.93. The first-order chi connectivity index (χ1) is 16.3. The maximum absolute atomic E-state index is 13.2. The molecule has 1 atom stereocenters. The number of nitrogens with zero attached hydrogens (tertiary/aromatic N) is 4. The molecule has 0 spiro atoms. The SMILES string of the molecule is Cn1cc(Cn2cnc3sc4c(c3c2=O)CC[C@H](NCc2ccccc2OC(F)(F)F)C4)cn1. The summed E-state index contributed by atoms with van der Waals surface area (Å²) in [6, 6.07) is 6.22. The van der Waals surface area contributed by atoms with Crippen LogP contribution in [0.4, 0.5) is 13.2 Å². The van der Waals surface area contributed by atoms with Gasteiger partial charge in [0.05, 0.1) is 24.5 Å². The zero-order valence-corrected chi connectivity index (χ0v) is 19.1. The molecule has 7 nitrogen and oxygen atoms in total. The average Bonchev–Trinajstić information content (AvgIpc) is 3.36. The van der Waals surface area contributed by atoms with Crippen LogP contribution in [-0.2, 0) is 33.0 Å². The Kier molecular flexibility index (Phi) is 5.90. The lowest BCUT2D eigenvalue weighted by Crippen LogP contribution is -2.34. The van der Waals surface area contributed by atoms with Gasteiger partial charge in [-0.05, 0) is 30.9 Å². The van der Waals surface area contributed by atoms with E-state index in [2.05, 4.69) is 20.1 Å². The van der Waals surface area contributed by atoms with Crippen LogP contribution in [0.1, 0.15) is 28.0 Å². The lowest BCUT2D eigenvalue weighted by molar-refractivity contribution is -0.274. The Morgan fingerprint density at radius 3 is 2.88 bits per heavy atom. The third-order valence-corrected chi connectivity index (χ3v) is 7.09. The van der Waals surface area contributed by atoms with Crippen LogP contribution in [-0.4, -0.2) is 31.7 Å². The maximum atomic E-state index is 13.2. The molecule has 0 fully saturated rings. The van der Waals surface area contributed by atoms with Crippen LogP contribution in [0.5, 0.6) is 5.75 Å². The van der Waals surface area contributed by atoms with Crippen LogP contribution in [0.2, 0.25) is 0 Å². The molecule has 0 saturated carbocycles. The molecule has 0 saturated heterocycles. The molecule has 4 aromatic rings. The average molecular weight is 490 g/mol. The molecule has 11 heteroatoms.